The van der Waals surface area contributed by atoms with Gasteiger partial charge in [0.05, 0.1) is 4.90 Å². The van der Waals surface area contributed by atoms with E-state index < -0.39 is 10.0 Å². The Labute approximate surface area is 102 Å². The zero-order valence-electron chi connectivity index (χ0n) is 10.2. The Morgan fingerprint density at radius 3 is 2.29 bits per heavy atom. The molecule has 1 aromatic rings. The summed E-state index contributed by atoms with van der Waals surface area (Å²) in [6.07, 6.45) is 2.29. The lowest BCUT2D eigenvalue weighted by molar-refractivity contribution is 0.136. The highest BCUT2D eigenvalue weighted by Crippen LogP contribution is 2.17. The van der Waals surface area contributed by atoms with Gasteiger partial charge in [-0.05, 0) is 30.0 Å². The third-order valence-electron chi connectivity index (χ3n) is 2.52. The molecule has 1 aromatic carbocycles. The fourth-order valence-corrected chi connectivity index (χ4v) is 2.51. The number of halogens is 1. The Morgan fingerprint density at radius 2 is 1.76 bits per heavy atom. The SMILES string of the molecule is CCCCCN(F)S(=O)(=O)c1ccc(C)cc1. The highest BCUT2D eigenvalue weighted by Gasteiger charge is 2.23. The summed E-state index contributed by atoms with van der Waals surface area (Å²) in [5.74, 6) is 0. The molecule has 0 saturated heterocycles. The van der Waals surface area contributed by atoms with Crippen LogP contribution in [0.25, 0.3) is 0 Å². The van der Waals surface area contributed by atoms with Crippen LogP contribution in [0.4, 0.5) is 4.48 Å². The van der Waals surface area contributed by atoms with Crippen molar-refractivity contribution in [2.24, 2.45) is 0 Å². The smallest absolute Gasteiger partial charge is 0.205 e. The minimum absolute atomic E-state index is 0.00194. The first-order valence-corrected chi connectivity index (χ1v) is 7.17. The fraction of sp³-hybridized carbons (Fsp3) is 0.500. The van der Waals surface area contributed by atoms with Crippen molar-refractivity contribution in [3.8, 4) is 0 Å². The molecule has 0 spiro atoms. The van der Waals surface area contributed by atoms with Crippen LogP contribution in [0.2, 0.25) is 0 Å². The Balaban J connectivity index is 2.76. The fourth-order valence-electron chi connectivity index (χ4n) is 1.43. The lowest BCUT2D eigenvalue weighted by atomic mass is 10.2. The number of hydrogen-bond donors (Lipinski definition) is 0. The monoisotopic (exact) mass is 259 g/mol. The second kappa shape index (κ2) is 6.12. The van der Waals surface area contributed by atoms with Crippen molar-refractivity contribution in [3.05, 3.63) is 29.8 Å². The number of benzene rings is 1. The highest BCUT2D eigenvalue weighted by atomic mass is 32.2. The third-order valence-corrected chi connectivity index (χ3v) is 4.09. The molecule has 0 N–H and O–H groups in total. The molecule has 96 valence electrons. The molecule has 0 amide bonds. The second-order valence-electron chi connectivity index (χ2n) is 4.04. The van der Waals surface area contributed by atoms with Gasteiger partial charge in [0.1, 0.15) is 0 Å². The van der Waals surface area contributed by atoms with Gasteiger partial charge in [0, 0.05) is 6.54 Å². The first kappa shape index (κ1) is 14.1. The Hall–Kier alpha value is -0.940. The molecule has 0 radical (unpaired) electrons. The molecule has 0 atom stereocenters. The van der Waals surface area contributed by atoms with Crippen LogP contribution in [0.5, 0.6) is 0 Å². The van der Waals surface area contributed by atoms with E-state index in [2.05, 4.69) is 0 Å². The molecule has 0 aromatic heterocycles. The van der Waals surface area contributed by atoms with E-state index in [9.17, 15) is 12.9 Å². The largest absolute Gasteiger partial charge is 0.269 e. The van der Waals surface area contributed by atoms with Gasteiger partial charge in [0.25, 0.3) is 10.0 Å². The summed E-state index contributed by atoms with van der Waals surface area (Å²) >= 11 is 0. The molecule has 0 aliphatic rings. The molecule has 0 aliphatic heterocycles. The number of sulfonamides is 1. The maximum Gasteiger partial charge on any atom is 0.269 e. The van der Waals surface area contributed by atoms with E-state index >= 15 is 0 Å². The van der Waals surface area contributed by atoms with Gasteiger partial charge in [-0.15, -0.1) is 4.48 Å². The average molecular weight is 259 g/mol. The highest BCUT2D eigenvalue weighted by molar-refractivity contribution is 7.89. The van der Waals surface area contributed by atoms with E-state index in [-0.39, 0.29) is 16.0 Å². The molecule has 0 aliphatic carbocycles. The van der Waals surface area contributed by atoms with Gasteiger partial charge < -0.3 is 0 Å². The predicted molar refractivity (Wildman–Crippen MR) is 65.7 cm³/mol. The van der Waals surface area contributed by atoms with Gasteiger partial charge in [0.2, 0.25) is 0 Å². The second-order valence-corrected chi connectivity index (χ2v) is 5.85. The van der Waals surface area contributed by atoms with Crippen LogP contribution in [-0.4, -0.2) is 19.5 Å². The molecule has 17 heavy (non-hydrogen) atoms. The van der Waals surface area contributed by atoms with E-state index in [4.69, 9.17) is 0 Å². The van der Waals surface area contributed by atoms with Crippen LogP contribution in [0.3, 0.4) is 0 Å². The number of nitrogens with zero attached hydrogens (tertiary/aromatic N) is 1. The number of hydrogen-bond acceptors (Lipinski definition) is 2. The predicted octanol–water partition coefficient (Wildman–Crippen LogP) is 3.06. The van der Waals surface area contributed by atoms with Crippen LogP contribution in [0, 0.1) is 6.92 Å². The number of rotatable bonds is 6. The zero-order valence-corrected chi connectivity index (χ0v) is 11.0. The summed E-state index contributed by atoms with van der Waals surface area (Å²) in [6, 6.07) is 6.17. The van der Waals surface area contributed by atoms with E-state index in [1.165, 1.54) is 12.1 Å². The van der Waals surface area contributed by atoms with Gasteiger partial charge in [-0.25, -0.2) is 8.42 Å². The van der Waals surface area contributed by atoms with Crippen molar-refractivity contribution in [1.82, 2.24) is 4.53 Å². The summed E-state index contributed by atoms with van der Waals surface area (Å²) in [4.78, 5) is 0.00194. The zero-order chi connectivity index (χ0) is 12.9. The van der Waals surface area contributed by atoms with E-state index in [1.807, 2.05) is 13.8 Å². The van der Waals surface area contributed by atoms with E-state index in [0.29, 0.717) is 6.42 Å². The summed E-state index contributed by atoms with van der Waals surface area (Å²) in [7, 11) is -3.97. The van der Waals surface area contributed by atoms with Crippen LogP contribution in [-0.2, 0) is 10.0 Å². The van der Waals surface area contributed by atoms with Gasteiger partial charge in [-0.2, -0.15) is 0 Å². The molecule has 5 heteroatoms. The molecule has 1 rings (SSSR count). The first-order chi connectivity index (χ1) is 7.98. The molecule has 0 unspecified atom stereocenters. The van der Waals surface area contributed by atoms with Crippen molar-refractivity contribution in [3.63, 3.8) is 0 Å². The summed E-state index contributed by atoms with van der Waals surface area (Å²) in [5, 5.41) is 0. The topological polar surface area (TPSA) is 37.4 Å². The van der Waals surface area contributed by atoms with Crippen molar-refractivity contribution in [2.45, 2.75) is 38.0 Å². The molecular formula is C12H18FNO2S. The Bertz CT molecular complexity index is 442. The Kier molecular flexibility index (Phi) is 5.08. The molecule has 0 saturated carbocycles. The minimum atomic E-state index is -3.97. The number of unbranched alkanes of at least 4 members (excludes halogenated alkanes) is 2. The lowest BCUT2D eigenvalue weighted by Crippen LogP contribution is -2.24. The third kappa shape index (κ3) is 3.78. The van der Waals surface area contributed by atoms with Crippen molar-refractivity contribution < 1.29 is 12.9 Å². The van der Waals surface area contributed by atoms with E-state index in [1.54, 1.807) is 12.1 Å². The molecule has 3 nitrogen and oxygen atoms in total. The van der Waals surface area contributed by atoms with E-state index in [0.717, 1.165) is 18.4 Å². The van der Waals surface area contributed by atoms with Crippen molar-refractivity contribution in [1.29, 1.82) is 0 Å². The molecular weight excluding hydrogens is 241 g/mol. The maximum atomic E-state index is 13.5. The van der Waals surface area contributed by atoms with Crippen molar-refractivity contribution >= 4 is 10.0 Å². The van der Waals surface area contributed by atoms with Crippen LogP contribution < -0.4 is 0 Å². The number of aryl methyl sites for hydroxylation is 1. The lowest BCUT2D eigenvalue weighted by Gasteiger charge is -2.12. The molecule has 0 heterocycles. The minimum Gasteiger partial charge on any atom is -0.205 e. The summed E-state index contributed by atoms with van der Waals surface area (Å²) in [6.45, 7) is 3.76. The molecule has 0 bridgehead atoms. The van der Waals surface area contributed by atoms with Gasteiger partial charge in [-0.3, -0.25) is 0 Å². The Morgan fingerprint density at radius 1 is 1.18 bits per heavy atom. The van der Waals surface area contributed by atoms with Crippen LogP contribution >= 0.6 is 0 Å². The van der Waals surface area contributed by atoms with Gasteiger partial charge >= 0.3 is 0 Å². The average Bonchev–Trinajstić information content (AvgIpc) is 2.29. The van der Waals surface area contributed by atoms with Crippen molar-refractivity contribution in [2.75, 3.05) is 6.54 Å². The standard InChI is InChI=1S/C12H18FNO2S/c1-3-4-5-10-14(13)17(15,16)12-8-6-11(2)7-9-12/h6-9H,3-5,10H2,1-2H3. The summed E-state index contributed by atoms with van der Waals surface area (Å²) in [5.41, 5.74) is 0.945. The quantitative estimate of drug-likeness (QED) is 0.581. The first-order valence-electron chi connectivity index (χ1n) is 5.73. The van der Waals surface area contributed by atoms with Crippen LogP contribution in [0.15, 0.2) is 29.2 Å². The normalized spacial score (nSPS) is 12.0. The van der Waals surface area contributed by atoms with Gasteiger partial charge in [-0.1, -0.05) is 37.5 Å². The van der Waals surface area contributed by atoms with Gasteiger partial charge in [0.15, 0.2) is 0 Å². The summed E-state index contributed by atoms with van der Waals surface area (Å²) < 4.78 is 37.1. The molecule has 0 fully saturated rings. The maximum absolute atomic E-state index is 13.5. The van der Waals surface area contributed by atoms with Crippen LogP contribution in [0.1, 0.15) is 31.7 Å².